The smallest absolute Gasteiger partial charge is 0.292 e. The molecule has 1 aliphatic heterocycles. The standard InChI is InChI=1S/C14H22N4O3/c1-21-8-7-17(10-11-3-2-6-16-11)12-4-5-14(18(19)20)13(15)9-12/h4-5,9,11,16H,2-3,6-8,10,15H2,1H3. The summed E-state index contributed by atoms with van der Waals surface area (Å²) in [6, 6.07) is 5.33. The molecular formula is C14H22N4O3. The maximum atomic E-state index is 10.8. The van der Waals surface area contributed by atoms with Crippen molar-refractivity contribution >= 4 is 17.1 Å². The molecule has 1 atom stereocenters. The van der Waals surface area contributed by atoms with Crippen LogP contribution in [-0.2, 0) is 4.74 Å². The second-order valence-electron chi connectivity index (χ2n) is 5.23. The Labute approximate surface area is 124 Å². The van der Waals surface area contributed by atoms with Crippen LogP contribution in [0.4, 0.5) is 17.1 Å². The SMILES string of the molecule is COCCN(CC1CCCN1)c1ccc([N+](=O)[O-])c(N)c1. The van der Waals surface area contributed by atoms with E-state index in [1.54, 1.807) is 19.2 Å². The third-order valence-corrected chi connectivity index (χ3v) is 3.74. The highest BCUT2D eigenvalue weighted by atomic mass is 16.6. The molecule has 0 aromatic heterocycles. The number of nitrogens with two attached hydrogens (primary N) is 1. The molecule has 1 saturated heterocycles. The Balaban J connectivity index is 2.14. The summed E-state index contributed by atoms with van der Waals surface area (Å²) in [5.41, 5.74) is 6.82. The minimum absolute atomic E-state index is 0.0515. The number of nitro groups is 1. The first-order valence-corrected chi connectivity index (χ1v) is 7.13. The Morgan fingerprint density at radius 3 is 2.95 bits per heavy atom. The van der Waals surface area contributed by atoms with Gasteiger partial charge < -0.3 is 20.7 Å². The van der Waals surface area contributed by atoms with E-state index in [-0.39, 0.29) is 11.4 Å². The monoisotopic (exact) mass is 294 g/mol. The van der Waals surface area contributed by atoms with E-state index < -0.39 is 4.92 Å². The van der Waals surface area contributed by atoms with Crippen molar-refractivity contribution < 1.29 is 9.66 Å². The lowest BCUT2D eigenvalue weighted by Gasteiger charge is -2.28. The van der Waals surface area contributed by atoms with Crippen LogP contribution in [-0.4, -0.2) is 44.3 Å². The molecule has 0 aliphatic carbocycles. The van der Waals surface area contributed by atoms with Crippen molar-refractivity contribution in [1.29, 1.82) is 0 Å². The fourth-order valence-corrected chi connectivity index (χ4v) is 2.61. The van der Waals surface area contributed by atoms with Crippen molar-refractivity contribution in [3.05, 3.63) is 28.3 Å². The number of ether oxygens (including phenoxy) is 1. The van der Waals surface area contributed by atoms with Crippen molar-refractivity contribution in [3.8, 4) is 0 Å². The molecule has 0 amide bonds. The molecule has 2 rings (SSSR count). The predicted molar refractivity (Wildman–Crippen MR) is 82.6 cm³/mol. The number of nitro benzene ring substituents is 1. The van der Waals surface area contributed by atoms with Gasteiger partial charge in [0.15, 0.2) is 0 Å². The minimum atomic E-state index is -0.461. The molecule has 3 N–H and O–H groups in total. The lowest BCUT2D eigenvalue weighted by molar-refractivity contribution is -0.383. The van der Waals surface area contributed by atoms with Gasteiger partial charge in [0.2, 0.25) is 0 Å². The summed E-state index contributed by atoms with van der Waals surface area (Å²) in [5, 5.41) is 14.3. The Hall–Kier alpha value is -1.86. The molecule has 116 valence electrons. The van der Waals surface area contributed by atoms with Gasteiger partial charge in [0, 0.05) is 38.0 Å². The van der Waals surface area contributed by atoms with Gasteiger partial charge in [-0.05, 0) is 31.5 Å². The largest absolute Gasteiger partial charge is 0.393 e. The number of methoxy groups -OCH3 is 1. The van der Waals surface area contributed by atoms with Crippen molar-refractivity contribution in [2.75, 3.05) is 44.0 Å². The highest BCUT2D eigenvalue weighted by Gasteiger charge is 2.20. The van der Waals surface area contributed by atoms with Crippen molar-refractivity contribution in [2.45, 2.75) is 18.9 Å². The van der Waals surface area contributed by atoms with Crippen molar-refractivity contribution in [3.63, 3.8) is 0 Å². The van der Waals surface area contributed by atoms with E-state index in [0.29, 0.717) is 12.6 Å². The van der Waals surface area contributed by atoms with Crippen LogP contribution < -0.4 is 16.0 Å². The van der Waals surface area contributed by atoms with Gasteiger partial charge in [-0.25, -0.2) is 0 Å². The highest BCUT2D eigenvalue weighted by molar-refractivity contribution is 5.66. The molecule has 0 radical (unpaired) electrons. The van der Waals surface area contributed by atoms with Gasteiger partial charge in [0.1, 0.15) is 5.69 Å². The van der Waals surface area contributed by atoms with Gasteiger partial charge in [-0.1, -0.05) is 0 Å². The molecule has 1 unspecified atom stereocenters. The highest BCUT2D eigenvalue weighted by Crippen LogP contribution is 2.27. The van der Waals surface area contributed by atoms with Crippen LogP contribution in [0.3, 0.4) is 0 Å². The minimum Gasteiger partial charge on any atom is -0.393 e. The first-order valence-electron chi connectivity index (χ1n) is 7.13. The number of rotatable bonds is 7. The molecule has 0 spiro atoms. The number of hydrogen-bond donors (Lipinski definition) is 2. The molecular weight excluding hydrogens is 272 g/mol. The zero-order chi connectivity index (χ0) is 15.2. The van der Waals surface area contributed by atoms with Crippen LogP contribution >= 0.6 is 0 Å². The molecule has 7 nitrogen and oxygen atoms in total. The van der Waals surface area contributed by atoms with Crippen LogP contribution in [0, 0.1) is 10.1 Å². The number of hydrogen-bond acceptors (Lipinski definition) is 6. The third-order valence-electron chi connectivity index (χ3n) is 3.74. The van der Waals surface area contributed by atoms with Crippen LogP contribution in [0.25, 0.3) is 0 Å². The summed E-state index contributed by atoms with van der Waals surface area (Å²) in [6.45, 7) is 3.22. The van der Waals surface area contributed by atoms with E-state index in [9.17, 15) is 10.1 Å². The topological polar surface area (TPSA) is 93.7 Å². The van der Waals surface area contributed by atoms with Gasteiger partial charge >= 0.3 is 0 Å². The number of nitrogens with zero attached hydrogens (tertiary/aromatic N) is 2. The lowest BCUT2D eigenvalue weighted by Crippen LogP contribution is -2.39. The Morgan fingerprint density at radius 2 is 2.38 bits per heavy atom. The van der Waals surface area contributed by atoms with E-state index >= 15 is 0 Å². The molecule has 0 bridgehead atoms. The molecule has 0 saturated carbocycles. The lowest BCUT2D eigenvalue weighted by atomic mass is 10.1. The van der Waals surface area contributed by atoms with Crippen molar-refractivity contribution in [1.82, 2.24) is 5.32 Å². The van der Waals surface area contributed by atoms with E-state index in [2.05, 4.69) is 10.2 Å². The first-order chi connectivity index (χ1) is 10.1. The summed E-state index contributed by atoms with van der Waals surface area (Å²) in [7, 11) is 1.66. The summed E-state index contributed by atoms with van der Waals surface area (Å²) in [6.07, 6.45) is 2.33. The molecule has 1 aromatic rings. The molecule has 1 aromatic carbocycles. The normalized spacial score (nSPS) is 17.9. The average molecular weight is 294 g/mol. The maximum Gasteiger partial charge on any atom is 0.292 e. The Bertz CT molecular complexity index is 489. The zero-order valence-electron chi connectivity index (χ0n) is 12.2. The van der Waals surface area contributed by atoms with Gasteiger partial charge in [0.25, 0.3) is 5.69 Å². The van der Waals surface area contributed by atoms with Crippen LogP contribution in [0.15, 0.2) is 18.2 Å². The number of anilines is 2. The van der Waals surface area contributed by atoms with E-state index in [4.69, 9.17) is 10.5 Å². The Kier molecular flexibility index (Phi) is 5.35. The summed E-state index contributed by atoms with van der Waals surface area (Å²) < 4.78 is 5.15. The summed E-state index contributed by atoms with van der Waals surface area (Å²) >= 11 is 0. The quantitative estimate of drug-likeness (QED) is 0.448. The molecule has 1 aliphatic rings. The number of nitrogen functional groups attached to an aromatic ring is 1. The maximum absolute atomic E-state index is 10.8. The number of benzene rings is 1. The Morgan fingerprint density at radius 1 is 1.57 bits per heavy atom. The molecule has 1 fully saturated rings. The third kappa shape index (κ3) is 4.05. The second kappa shape index (κ2) is 7.24. The molecule has 7 heteroatoms. The van der Waals surface area contributed by atoms with E-state index in [1.807, 2.05) is 0 Å². The van der Waals surface area contributed by atoms with Gasteiger partial charge in [-0.3, -0.25) is 10.1 Å². The van der Waals surface area contributed by atoms with Crippen molar-refractivity contribution in [2.24, 2.45) is 0 Å². The first kappa shape index (κ1) is 15.5. The summed E-state index contributed by atoms with van der Waals surface area (Å²) in [4.78, 5) is 12.5. The molecule has 1 heterocycles. The molecule has 21 heavy (non-hydrogen) atoms. The van der Waals surface area contributed by atoms with Gasteiger partial charge in [-0.2, -0.15) is 0 Å². The van der Waals surface area contributed by atoms with E-state index in [1.165, 1.54) is 12.5 Å². The zero-order valence-corrected chi connectivity index (χ0v) is 12.2. The number of nitrogens with one attached hydrogen (secondary N) is 1. The van der Waals surface area contributed by atoms with Crippen LogP contribution in [0.1, 0.15) is 12.8 Å². The van der Waals surface area contributed by atoms with Gasteiger partial charge in [-0.15, -0.1) is 0 Å². The predicted octanol–water partition coefficient (Wildman–Crippen LogP) is 1.38. The summed E-state index contributed by atoms with van der Waals surface area (Å²) in [5.74, 6) is 0. The van der Waals surface area contributed by atoms with Gasteiger partial charge in [0.05, 0.1) is 11.5 Å². The fraction of sp³-hybridized carbons (Fsp3) is 0.571. The van der Waals surface area contributed by atoms with Crippen LogP contribution in [0.5, 0.6) is 0 Å². The van der Waals surface area contributed by atoms with Crippen LogP contribution in [0.2, 0.25) is 0 Å². The second-order valence-corrected chi connectivity index (χ2v) is 5.23. The fourth-order valence-electron chi connectivity index (χ4n) is 2.61. The van der Waals surface area contributed by atoms with E-state index in [0.717, 1.165) is 31.7 Å². The average Bonchev–Trinajstić information content (AvgIpc) is 2.95.